The van der Waals surface area contributed by atoms with E-state index in [0.717, 1.165) is 6.20 Å². The van der Waals surface area contributed by atoms with E-state index in [-0.39, 0.29) is 17.1 Å². The van der Waals surface area contributed by atoms with Crippen LogP contribution in [-0.4, -0.2) is 27.8 Å². The van der Waals surface area contributed by atoms with E-state index < -0.39 is 17.7 Å². The van der Waals surface area contributed by atoms with Crippen LogP contribution in [-0.2, 0) is 10.6 Å². The van der Waals surface area contributed by atoms with Gasteiger partial charge in [-0.15, -0.1) is 11.6 Å². The van der Waals surface area contributed by atoms with Crippen LogP contribution < -0.4 is 5.32 Å². The van der Waals surface area contributed by atoms with E-state index in [4.69, 9.17) is 21.4 Å². The molecule has 0 saturated carbocycles. The highest BCUT2D eigenvalue weighted by Gasteiger charge is 2.21. The molecule has 0 aliphatic carbocycles. The van der Waals surface area contributed by atoms with Crippen LogP contribution >= 0.6 is 11.6 Å². The van der Waals surface area contributed by atoms with E-state index in [9.17, 15) is 9.59 Å². The molecule has 0 unspecified atom stereocenters. The molecule has 0 spiro atoms. The van der Waals surface area contributed by atoms with E-state index in [1.807, 2.05) is 0 Å². The minimum Gasteiger partial charge on any atom is -0.478 e. The molecule has 0 aliphatic heterocycles. The molecule has 104 valence electrons. The number of carbonyl (C=O) groups is 2. The summed E-state index contributed by atoms with van der Waals surface area (Å²) >= 11 is 5.70. The molecule has 0 bridgehead atoms. The maximum absolute atomic E-state index is 11.7. The van der Waals surface area contributed by atoms with Crippen molar-refractivity contribution in [1.82, 2.24) is 4.98 Å². The molecule has 1 aromatic rings. The molecular weight excluding hydrogens is 272 g/mol. The van der Waals surface area contributed by atoms with Gasteiger partial charge in [0.15, 0.2) is 0 Å². The molecule has 1 heterocycles. The summed E-state index contributed by atoms with van der Waals surface area (Å²) in [6, 6.07) is 0. The Morgan fingerprint density at radius 1 is 1.42 bits per heavy atom. The number of hydrogen-bond acceptors (Lipinski definition) is 4. The van der Waals surface area contributed by atoms with Gasteiger partial charge in [-0.1, -0.05) is 0 Å². The molecule has 2 N–H and O–H groups in total. The number of ether oxygens (including phenoxy) is 1. The monoisotopic (exact) mass is 286 g/mol. The first kappa shape index (κ1) is 15.2. The average molecular weight is 287 g/mol. The highest BCUT2D eigenvalue weighted by Crippen LogP contribution is 2.22. The number of carboxylic acid groups (broad SMARTS) is 1. The molecule has 1 amide bonds. The van der Waals surface area contributed by atoms with Crippen molar-refractivity contribution in [2.24, 2.45) is 0 Å². The minimum atomic E-state index is -1.20. The first-order chi connectivity index (χ1) is 8.74. The largest absolute Gasteiger partial charge is 0.478 e. The lowest BCUT2D eigenvalue weighted by molar-refractivity contribution is 0.0636. The van der Waals surface area contributed by atoms with Crippen LogP contribution in [0.2, 0.25) is 0 Å². The third-order valence-electron chi connectivity index (χ3n) is 2.02. The number of nitrogens with zero attached hydrogens (tertiary/aromatic N) is 1. The number of halogens is 1. The molecular formula is C12H15ClN2O4. The number of pyridine rings is 1. The van der Waals surface area contributed by atoms with Gasteiger partial charge in [-0.2, -0.15) is 0 Å². The van der Waals surface area contributed by atoms with E-state index in [0.29, 0.717) is 5.56 Å². The highest BCUT2D eigenvalue weighted by molar-refractivity contribution is 6.18. The zero-order valence-corrected chi connectivity index (χ0v) is 11.6. The summed E-state index contributed by atoms with van der Waals surface area (Å²) in [5.74, 6) is -1.18. The van der Waals surface area contributed by atoms with Crippen LogP contribution in [0.3, 0.4) is 0 Å². The predicted molar refractivity (Wildman–Crippen MR) is 70.6 cm³/mol. The summed E-state index contributed by atoms with van der Waals surface area (Å²) in [7, 11) is 0. The van der Waals surface area contributed by atoms with Crippen molar-refractivity contribution < 1.29 is 19.4 Å². The van der Waals surface area contributed by atoms with Crippen molar-refractivity contribution in [2.45, 2.75) is 32.3 Å². The Morgan fingerprint density at radius 2 is 2.05 bits per heavy atom. The van der Waals surface area contributed by atoms with Crippen LogP contribution in [0.1, 0.15) is 36.7 Å². The third kappa shape index (κ3) is 4.40. The van der Waals surface area contributed by atoms with Crippen molar-refractivity contribution in [3.63, 3.8) is 0 Å². The van der Waals surface area contributed by atoms with Crippen LogP contribution in [0.5, 0.6) is 0 Å². The molecule has 7 heteroatoms. The van der Waals surface area contributed by atoms with Gasteiger partial charge in [0, 0.05) is 18.0 Å². The molecule has 6 nitrogen and oxygen atoms in total. The second-order valence-electron chi connectivity index (χ2n) is 4.79. The number of carbonyl (C=O) groups excluding carboxylic acids is 1. The number of amides is 1. The zero-order valence-electron chi connectivity index (χ0n) is 10.9. The van der Waals surface area contributed by atoms with Crippen molar-refractivity contribution in [3.8, 4) is 0 Å². The Kier molecular flexibility index (Phi) is 4.72. The maximum Gasteiger partial charge on any atom is 0.412 e. The van der Waals surface area contributed by atoms with Gasteiger partial charge >= 0.3 is 12.1 Å². The molecule has 0 saturated heterocycles. The van der Waals surface area contributed by atoms with Gasteiger partial charge < -0.3 is 9.84 Å². The van der Waals surface area contributed by atoms with Gasteiger partial charge in [0.25, 0.3) is 0 Å². The first-order valence-corrected chi connectivity index (χ1v) is 6.04. The Morgan fingerprint density at radius 3 is 2.53 bits per heavy atom. The van der Waals surface area contributed by atoms with Gasteiger partial charge in [0.2, 0.25) is 0 Å². The minimum absolute atomic E-state index is 0.0270. The summed E-state index contributed by atoms with van der Waals surface area (Å²) in [4.78, 5) is 26.5. The van der Waals surface area contributed by atoms with Crippen molar-refractivity contribution in [2.75, 3.05) is 5.32 Å². The smallest absolute Gasteiger partial charge is 0.412 e. The fourth-order valence-electron chi connectivity index (χ4n) is 1.32. The fourth-order valence-corrected chi connectivity index (χ4v) is 1.52. The maximum atomic E-state index is 11.7. The van der Waals surface area contributed by atoms with Crippen LogP contribution in [0, 0.1) is 0 Å². The molecule has 0 fully saturated rings. The molecule has 1 rings (SSSR count). The highest BCUT2D eigenvalue weighted by atomic mass is 35.5. The quantitative estimate of drug-likeness (QED) is 0.834. The second-order valence-corrected chi connectivity index (χ2v) is 5.05. The number of carboxylic acids is 1. The summed E-state index contributed by atoms with van der Waals surface area (Å²) in [6.07, 6.45) is 1.80. The fraction of sp³-hybridized carbons (Fsp3) is 0.417. The van der Waals surface area contributed by atoms with Crippen LogP contribution in [0.15, 0.2) is 12.4 Å². The number of anilines is 1. The number of rotatable bonds is 3. The Balaban J connectivity index is 3.05. The van der Waals surface area contributed by atoms with E-state index in [2.05, 4.69) is 10.3 Å². The number of aromatic nitrogens is 1. The number of alkyl halides is 1. The first-order valence-electron chi connectivity index (χ1n) is 5.50. The lowest BCUT2D eigenvalue weighted by Crippen LogP contribution is -2.28. The standard InChI is InChI=1S/C12H15ClN2O4/c1-12(2,3)19-11(18)15-9-7(4-13)5-14-6-8(9)10(16)17/h5-6H,4H2,1-3H3,(H,16,17)(H,14,15,18). The second kappa shape index (κ2) is 5.88. The van der Waals surface area contributed by atoms with Crippen LogP contribution in [0.25, 0.3) is 0 Å². The summed E-state index contributed by atoms with van der Waals surface area (Å²) in [5, 5.41) is 11.5. The molecule has 0 atom stereocenters. The number of nitrogens with one attached hydrogen (secondary N) is 1. The molecule has 1 aromatic heterocycles. The molecule has 0 radical (unpaired) electrons. The van der Waals surface area contributed by atoms with Gasteiger partial charge in [-0.3, -0.25) is 10.3 Å². The van der Waals surface area contributed by atoms with Gasteiger partial charge in [-0.25, -0.2) is 9.59 Å². The van der Waals surface area contributed by atoms with Crippen molar-refractivity contribution in [1.29, 1.82) is 0 Å². The van der Waals surface area contributed by atoms with Gasteiger partial charge in [0.1, 0.15) is 11.2 Å². The number of aromatic carboxylic acids is 1. The predicted octanol–water partition coefficient (Wildman–Crippen LogP) is 2.87. The number of hydrogen-bond donors (Lipinski definition) is 2. The van der Waals surface area contributed by atoms with Crippen molar-refractivity contribution in [3.05, 3.63) is 23.5 Å². The van der Waals surface area contributed by atoms with Gasteiger partial charge in [0.05, 0.1) is 11.6 Å². The Bertz CT molecular complexity index is 497. The topological polar surface area (TPSA) is 88.5 Å². The van der Waals surface area contributed by atoms with E-state index >= 15 is 0 Å². The molecule has 0 aromatic carbocycles. The Labute approximate surface area is 115 Å². The van der Waals surface area contributed by atoms with E-state index in [1.54, 1.807) is 20.8 Å². The zero-order chi connectivity index (χ0) is 14.6. The average Bonchev–Trinajstić information content (AvgIpc) is 2.26. The Hall–Kier alpha value is -1.82. The van der Waals surface area contributed by atoms with Crippen LogP contribution in [0.4, 0.5) is 10.5 Å². The van der Waals surface area contributed by atoms with Crippen molar-refractivity contribution >= 4 is 29.4 Å². The normalized spacial score (nSPS) is 10.9. The van der Waals surface area contributed by atoms with E-state index in [1.165, 1.54) is 6.20 Å². The third-order valence-corrected chi connectivity index (χ3v) is 2.31. The lowest BCUT2D eigenvalue weighted by Gasteiger charge is -2.20. The lowest BCUT2D eigenvalue weighted by atomic mass is 10.1. The molecule has 19 heavy (non-hydrogen) atoms. The SMILES string of the molecule is CC(C)(C)OC(=O)Nc1c(CCl)cncc1C(=O)O. The summed E-state index contributed by atoms with van der Waals surface area (Å²) < 4.78 is 5.07. The molecule has 0 aliphatic rings. The summed E-state index contributed by atoms with van der Waals surface area (Å²) in [6.45, 7) is 5.12. The van der Waals surface area contributed by atoms with Gasteiger partial charge in [-0.05, 0) is 20.8 Å². The summed E-state index contributed by atoms with van der Waals surface area (Å²) in [5.41, 5.74) is -0.301.